The Kier molecular flexibility index (Phi) is 3.55. The molecule has 2 rings (SSSR count). The van der Waals surface area contributed by atoms with Crippen molar-refractivity contribution in [1.29, 1.82) is 5.26 Å². The molecule has 0 amide bonds. The molecule has 2 N–H and O–H groups in total. The van der Waals surface area contributed by atoms with Crippen LogP contribution in [-0.2, 0) is 5.54 Å². The van der Waals surface area contributed by atoms with Crippen molar-refractivity contribution in [2.75, 3.05) is 0 Å². The van der Waals surface area contributed by atoms with Crippen LogP contribution in [0.1, 0.15) is 25.0 Å². The first-order valence-corrected chi connectivity index (χ1v) is 6.06. The Morgan fingerprint density at radius 2 is 1.74 bits per heavy atom. The number of nitrogens with zero attached hydrogens (tertiary/aromatic N) is 1. The molecule has 0 saturated heterocycles. The van der Waals surface area contributed by atoms with Gasteiger partial charge in [0.25, 0.3) is 0 Å². The average molecular weight is 252 g/mol. The first-order valence-electron chi connectivity index (χ1n) is 6.06. The average Bonchev–Trinajstić information content (AvgIpc) is 2.39. The highest BCUT2D eigenvalue weighted by Crippen LogP contribution is 2.26. The molecule has 0 bridgehead atoms. The lowest BCUT2D eigenvalue weighted by Crippen LogP contribution is -2.28. The minimum absolute atomic E-state index is 0.399. The molecule has 0 aliphatic rings. The van der Waals surface area contributed by atoms with Crippen LogP contribution in [0.25, 0.3) is 0 Å². The number of nitrogens with two attached hydrogens (primary N) is 1. The maximum absolute atomic E-state index is 8.74. The number of nitriles is 1. The van der Waals surface area contributed by atoms with Gasteiger partial charge in [0.15, 0.2) is 0 Å². The van der Waals surface area contributed by atoms with E-state index in [9.17, 15) is 0 Å². The van der Waals surface area contributed by atoms with E-state index in [0.717, 1.165) is 11.3 Å². The summed E-state index contributed by atoms with van der Waals surface area (Å²) in [7, 11) is 0. The Bertz CT molecular complexity index is 604. The van der Waals surface area contributed by atoms with Gasteiger partial charge < -0.3 is 10.5 Å². The van der Waals surface area contributed by atoms with Crippen LogP contribution in [0, 0.1) is 11.3 Å². The highest BCUT2D eigenvalue weighted by Gasteiger charge is 2.14. The number of benzene rings is 2. The molecule has 19 heavy (non-hydrogen) atoms. The third-order valence-corrected chi connectivity index (χ3v) is 2.80. The smallest absolute Gasteiger partial charge is 0.127 e. The van der Waals surface area contributed by atoms with Crippen LogP contribution in [0.3, 0.4) is 0 Å². The largest absolute Gasteiger partial charge is 0.457 e. The molecule has 2 aromatic carbocycles. The molecular weight excluding hydrogens is 236 g/mol. The Morgan fingerprint density at radius 1 is 1.05 bits per heavy atom. The van der Waals surface area contributed by atoms with E-state index in [0.29, 0.717) is 11.3 Å². The summed E-state index contributed by atoms with van der Waals surface area (Å²) in [6.07, 6.45) is 0. The summed E-state index contributed by atoms with van der Waals surface area (Å²) in [6.45, 7) is 3.90. The zero-order valence-electron chi connectivity index (χ0n) is 11.1. The molecule has 2 aromatic rings. The van der Waals surface area contributed by atoms with Gasteiger partial charge in [0.05, 0.1) is 11.6 Å². The summed E-state index contributed by atoms with van der Waals surface area (Å²) < 4.78 is 5.75. The third kappa shape index (κ3) is 3.34. The van der Waals surface area contributed by atoms with Crippen LogP contribution >= 0.6 is 0 Å². The topological polar surface area (TPSA) is 59.0 Å². The molecule has 0 fully saturated rings. The van der Waals surface area contributed by atoms with E-state index < -0.39 is 5.54 Å². The Morgan fingerprint density at radius 3 is 2.32 bits per heavy atom. The van der Waals surface area contributed by atoms with Gasteiger partial charge in [0.2, 0.25) is 0 Å². The van der Waals surface area contributed by atoms with E-state index in [1.165, 1.54) is 0 Å². The van der Waals surface area contributed by atoms with Crippen LogP contribution in [-0.4, -0.2) is 0 Å². The van der Waals surface area contributed by atoms with E-state index in [1.807, 2.05) is 38.1 Å². The Hall–Kier alpha value is -2.31. The lowest BCUT2D eigenvalue weighted by molar-refractivity contribution is 0.477. The van der Waals surface area contributed by atoms with Crippen LogP contribution in [0.4, 0.5) is 0 Å². The van der Waals surface area contributed by atoms with Crippen LogP contribution in [0.15, 0.2) is 48.5 Å². The fourth-order valence-electron chi connectivity index (χ4n) is 1.69. The van der Waals surface area contributed by atoms with Crippen LogP contribution in [0.2, 0.25) is 0 Å². The Labute approximate surface area is 113 Å². The minimum Gasteiger partial charge on any atom is -0.457 e. The maximum Gasteiger partial charge on any atom is 0.127 e. The second-order valence-corrected chi connectivity index (χ2v) is 4.99. The first-order chi connectivity index (χ1) is 8.99. The van der Waals surface area contributed by atoms with E-state index in [2.05, 4.69) is 6.07 Å². The SMILES string of the molecule is CC(C)(N)c1cccc(Oc2ccc(C#N)cc2)c1. The van der Waals surface area contributed by atoms with Gasteiger partial charge in [0, 0.05) is 5.54 Å². The third-order valence-electron chi connectivity index (χ3n) is 2.80. The normalized spacial score (nSPS) is 10.8. The van der Waals surface area contributed by atoms with Crippen molar-refractivity contribution in [3.63, 3.8) is 0 Å². The second kappa shape index (κ2) is 5.13. The molecule has 0 radical (unpaired) electrons. The van der Waals surface area contributed by atoms with Crippen molar-refractivity contribution in [3.05, 3.63) is 59.7 Å². The summed E-state index contributed by atoms with van der Waals surface area (Å²) in [4.78, 5) is 0. The van der Waals surface area contributed by atoms with Gasteiger partial charge in [-0.3, -0.25) is 0 Å². The standard InChI is InChI=1S/C16H16N2O/c1-16(2,18)13-4-3-5-15(10-13)19-14-8-6-12(11-17)7-9-14/h3-10H,18H2,1-2H3. The van der Waals surface area contributed by atoms with E-state index >= 15 is 0 Å². The summed E-state index contributed by atoms with van der Waals surface area (Å²) in [5, 5.41) is 8.74. The van der Waals surface area contributed by atoms with Crippen molar-refractivity contribution in [2.45, 2.75) is 19.4 Å². The number of hydrogen-bond donors (Lipinski definition) is 1. The molecule has 0 saturated carbocycles. The van der Waals surface area contributed by atoms with E-state index in [1.54, 1.807) is 24.3 Å². The predicted octanol–water partition coefficient (Wildman–Crippen LogP) is 3.54. The van der Waals surface area contributed by atoms with Gasteiger partial charge in [0.1, 0.15) is 11.5 Å². The fourth-order valence-corrected chi connectivity index (χ4v) is 1.69. The molecule has 0 atom stereocenters. The quantitative estimate of drug-likeness (QED) is 0.908. The molecular formula is C16H16N2O. The summed E-state index contributed by atoms with van der Waals surface area (Å²) in [5.41, 5.74) is 7.29. The van der Waals surface area contributed by atoms with Gasteiger partial charge >= 0.3 is 0 Å². The van der Waals surface area contributed by atoms with Gasteiger partial charge in [-0.05, 0) is 55.8 Å². The molecule has 0 spiro atoms. The van der Waals surface area contributed by atoms with Gasteiger partial charge in [-0.15, -0.1) is 0 Å². The van der Waals surface area contributed by atoms with Gasteiger partial charge in [-0.2, -0.15) is 5.26 Å². The van der Waals surface area contributed by atoms with Crippen LogP contribution in [0.5, 0.6) is 11.5 Å². The lowest BCUT2D eigenvalue weighted by Gasteiger charge is -2.19. The highest BCUT2D eigenvalue weighted by atomic mass is 16.5. The number of hydrogen-bond acceptors (Lipinski definition) is 3. The molecule has 3 nitrogen and oxygen atoms in total. The fraction of sp³-hybridized carbons (Fsp3) is 0.188. The van der Waals surface area contributed by atoms with Crippen molar-refractivity contribution < 1.29 is 4.74 Å². The Balaban J connectivity index is 2.21. The monoisotopic (exact) mass is 252 g/mol. The summed E-state index contributed by atoms with van der Waals surface area (Å²) in [5.74, 6) is 1.44. The molecule has 0 aliphatic heterocycles. The van der Waals surface area contributed by atoms with Crippen molar-refractivity contribution in [2.24, 2.45) is 5.73 Å². The summed E-state index contributed by atoms with van der Waals surface area (Å²) >= 11 is 0. The molecule has 96 valence electrons. The minimum atomic E-state index is -0.399. The zero-order valence-corrected chi connectivity index (χ0v) is 11.1. The van der Waals surface area contributed by atoms with E-state index in [-0.39, 0.29) is 0 Å². The number of ether oxygens (including phenoxy) is 1. The van der Waals surface area contributed by atoms with Crippen molar-refractivity contribution in [3.8, 4) is 17.6 Å². The molecule has 0 heterocycles. The molecule has 0 aliphatic carbocycles. The van der Waals surface area contributed by atoms with E-state index in [4.69, 9.17) is 15.7 Å². The predicted molar refractivity (Wildman–Crippen MR) is 74.9 cm³/mol. The van der Waals surface area contributed by atoms with Gasteiger partial charge in [-0.25, -0.2) is 0 Å². The van der Waals surface area contributed by atoms with Crippen molar-refractivity contribution >= 4 is 0 Å². The van der Waals surface area contributed by atoms with Gasteiger partial charge in [-0.1, -0.05) is 12.1 Å². The maximum atomic E-state index is 8.74. The second-order valence-electron chi connectivity index (χ2n) is 4.99. The molecule has 0 aromatic heterocycles. The molecule has 3 heteroatoms. The summed E-state index contributed by atoms with van der Waals surface area (Å²) in [6, 6.07) is 16.8. The highest BCUT2D eigenvalue weighted by molar-refractivity contribution is 5.39. The van der Waals surface area contributed by atoms with Crippen LogP contribution < -0.4 is 10.5 Å². The lowest BCUT2D eigenvalue weighted by atomic mass is 9.96. The zero-order chi connectivity index (χ0) is 13.9. The molecule has 0 unspecified atom stereocenters. The number of rotatable bonds is 3. The first kappa shape index (κ1) is 13.1. The van der Waals surface area contributed by atoms with Crippen molar-refractivity contribution in [1.82, 2.24) is 0 Å².